The average molecular weight is 336 g/mol. The maximum atomic E-state index is 13.2. The lowest BCUT2D eigenvalue weighted by Crippen LogP contribution is -2.08. The van der Waals surface area contributed by atoms with Crippen LogP contribution in [0.15, 0.2) is 30.3 Å². The summed E-state index contributed by atoms with van der Waals surface area (Å²) < 4.78 is 26.4. The molecule has 0 radical (unpaired) electrons. The summed E-state index contributed by atoms with van der Waals surface area (Å²) >= 11 is 2.18. The van der Waals surface area contributed by atoms with Crippen molar-refractivity contribution in [2.75, 3.05) is 0 Å². The van der Waals surface area contributed by atoms with E-state index in [1.165, 1.54) is 5.56 Å². The summed E-state index contributed by atoms with van der Waals surface area (Å²) in [5.74, 6) is -3.25. The van der Waals surface area contributed by atoms with Crippen molar-refractivity contribution in [3.63, 3.8) is 0 Å². The summed E-state index contributed by atoms with van der Waals surface area (Å²) in [5, 5.41) is 0. The Hall–Kier alpha value is -0.190. The fraction of sp³-hybridized carbons (Fsp3) is 0.538. The summed E-state index contributed by atoms with van der Waals surface area (Å²) in [5.41, 5.74) is 1.24. The molecule has 1 aliphatic carbocycles. The second-order valence-electron chi connectivity index (χ2n) is 4.53. The van der Waals surface area contributed by atoms with Gasteiger partial charge < -0.3 is 0 Å². The first-order valence-corrected chi connectivity index (χ1v) is 6.84. The maximum Gasteiger partial charge on any atom is 0.255 e. The summed E-state index contributed by atoms with van der Waals surface area (Å²) in [6.45, 7) is 1.65. The zero-order valence-electron chi connectivity index (χ0n) is 9.17. The van der Waals surface area contributed by atoms with E-state index >= 15 is 0 Å². The largest absolute Gasteiger partial charge is 0.255 e. The van der Waals surface area contributed by atoms with Gasteiger partial charge in [0, 0.05) is 15.8 Å². The molecule has 1 aliphatic rings. The number of aryl methyl sites for hydroxylation is 1. The third-order valence-electron chi connectivity index (χ3n) is 3.42. The van der Waals surface area contributed by atoms with Crippen molar-refractivity contribution in [2.24, 2.45) is 11.8 Å². The van der Waals surface area contributed by atoms with Crippen LogP contribution in [0.3, 0.4) is 0 Å². The molecule has 16 heavy (non-hydrogen) atoms. The quantitative estimate of drug-likeness (QED) is 0.567. The molecule has 0 nitrogen and oxygen atoms in total. The van der Waals surface area contributed by atoms with Crippen molar-refractivity contribution in [1.82, 2.24) is 0 Å². The van der Waals surface area contributed by atoms with E-state index in [0.29, 0.717) is 0 Å². The van der Waals surface area contributed by atoms with Gasteiger partial charge in [0.2, 0.25) is 0 Å². The highest BCUT2D eigenvalue weighted by molar-refractivity contribution is 14.1. The Morgan fingerprint density at radius 3 is 2.38 bits per heavy atom. The lowest BCUT2D eigenvalue weighted by molar-refractivity contribution is 0.0864. The Morgan fingerprint density at radius 1 is 1.31 bits per heavy atom. The minimum atomic E-state index is -2.41. The zero-order valence-corrected chi connectivity index (χ0v) is 11.3. The Bertz CT molecular complexity index is 350. The van der Waals surface area contributed by atoms with E-state index in [1.807, 2.05) is 18.2 Å². The molecule has 1 aromatic rings. The Kier molecular flexibility index (Phi) is 3.52. The molecule has 0 heterocycles. The van der Waals surface area contributed by atoms with Crippen LogP contribution in [0.25, 0.3) is 0 Å². The molecular weight excluding hydrogens is 321 g/mol. The summed E-state index contributed by atoms with van der Waals surface area (Å²) in [6.07, 6.45) is 1.74. The molecule has 0 spiro atoms. The molecule has 0 aliphatic heterocycles. The molecule has 88 valence electrons. The number of hydrogen-bond acceptors (Lipinski definition) is 0. The van der Waals surface area contributed by atoms with E-state index in [-0.39, 0.29) is 3.92 Å². The minimum absolute atomic E-state index is 0.0859. The highest BCUT2D eigenvalue weighted by Gasteiger charge is 2.67. The lowest BCUT2D eigenvalue weighted by atomic mass is 10.1. The van der Waals surface area contributed by atoms with Crippen LogP contribution < -0.4 is 0 Å². The fourth-order valence-electron chi connectivity index (χ4n) is 2.19. The van der Waals surface area contributed by atoms with Crippen molar-refractivity contribution in [1.29, 1.82) is 0 Å². The van der Waals surface area contributed by atoms with Crippen LogP contribution >= 0.6 is 22.6 Å². The Balaban J connectivity index is 1.84. The molecule has 0 amide bonds. The molecule has 2 rings (SSSR count). The average Bonchev–Trinajstić information content (AvgIpc) is 2.76. The molecule has 0 N–H and O–H groups in total. The smallest absolute Gasteiger partial charge is 0.206 e. The van der Waals surface area contributed by atoms with Gasteiger partial charge in [-0.25, -0.2) is 8.78 Å². The molecular formula is C13H15F2I. The Labute approximate surface area is 109 Å². The number of halogens is 3. The van der Waals surface area contributed by atoms with Crippen LogP contribution in [-0.2, 0) is 6.42 Å². The van der Waals surface area contributed by atoms with Gasteiger partial charge in [0.05, 0.1) is 0 Å². The van der Waals surface area contributed by atoms with Gasteiger partial charge >= 0.3 is 0 Å². The molecule has 0 aromatic heterocycles. The number of alkyl halides is 3. The first-order valence-electron chi connectivity index (χ1n) is 5.59. The highest BCUT2D eigenvalue weighted by atomic mass is 127. The van der Waals surface area contributed by atoms with Crippen LogP contribution in [0, 0.1) is 11.8 Å². The van der Waals surface area contributed by atoms with Crippen LogP contribution in [-0.4, -0.2) is 9.85 Å². The van der Waals surface area contributed by atoms with Crippen LogP contribution in [0.2, 0.25) is 0 Å². The van der Waals surface area contributed by atoms with Crippen molar-refractivity contribution in [3.05, 3.63) is 35.9 Å². The summed E-state index contributed by atoms with van der Waals surface area (Å²) in [4.78, 5) is 0. The standard InChI is InChI=1S/C13H15F2I/c1-9-12(13(9,14)15)11(16)8-7-10-5-3-2-4-6-10/h2-6,9,11-12H,7-8H2,1H3. The van der Waals surface area contributed by atoms with Crippen molar-refractivity contribution in [3.8, 4) is 0 Å². The fourth-order valence-corrected chi connectivity index (χ4v) is 3.61. The topological polar surface area (TPSA) is 0 Å². The van der Waals surface area contributed by atoms with E-state index in [2.05, 4.69) is 34.7 Å². The van der Waals surface area contributed by atoms with Gasteiger partial charge in [0.25, 0.3) is 5.92 Å². The predicted octanol–water partition coefficient (Wildman–Crippen LogP) is 4.32. The second-order valence-corrected chi connectivity index (χ2v) is 6.13. The molecule has 0 saturated heterocycles. The maximum absolute atomic E-state index is 13.2. The van der Waals surface area contributed by atoms with Crippen molar-refractivity contribution >= 4 is 22.6 Å². The van der Waals surface area contributed by atoms with E-state index in [1.54, 1.807) is 6.92 Å². The molecule has 3 heteroatoms. The van der Waals surface area contributed by atoms with Crippen molar-refractivity contribution in [2.45, 2.75) is 29.6 Å². The number of benzene rings is 1. The molecule has 3 atom stereocenters. The molecule has 1 fully saturated rings. The van der Waals surface area contributed by atoms with Gasteiger partial charge in [-0.05, 0) is 18.4 Å². The van der Waals surface area contributed by atoms with Crippen LogP contribution in [0.4, 0.5) is 8.78 Å². The lowest BCUT2D eigenvalue weighted by Gasteiger charge is -2.08. The number of hydrogen-bond donors (Lipinski definition) is 0. The zero-order chi connectivity index (χ0) is 11.8. The van der Waals surface area contributed by atoms with Gasteiger partial charge in [-0.2, -0.15) is 0 Å². The molecule has 1 saturated carbocycles. The van der Waals surface area contributed by atoms with Gasteiger partial charge in [-0.3, -0.25) is 0 Å². The monoisotopic (exact) mass is 336 g/mol. The highest BCUT2D eigenvalue weighted by Crippen LogP contribution is 2.59. The first-order chi connectivity index (χ1) is 7.53. The predicted molar refractivity (Wildman–Crippen MR) is 70.2 cm³/mol. The van der Waals surface area contributed by atoms with Gasteiger partial charge in [0.1, 0.15) is 0 Å². The van der Waals surface area contributed by atoms with E-state index in [9.17, 15) is 8.78 Å². The minimum Gasteiger partial charge on any atom is -0.206 e. The van der Waals surface area contributed by atoms with Gasteiger partial charge in [0.15, 0.2) is 0 Å². The van der Waals surface area contributed by atoms with Crippen LogP contribution in [0.5, 0.6) is 0 Å². The normalized spacial score (nSPS) is 28.8. The Morgan fingerprint density at radius 2 is 1.88 bits per heavy atom. The van der Waals surface area contributed by atoms with E-state index in [4.69, 9.17) is 0 Å². The van der Waals surface area contributed by atoms with Gasteiger partial charge in [-0.15, -0.1) is 0 Å². The molecule has 0 bridgehead atoms. The second kappa shape index (κ2) is 4.59. The van der Waals surface area contributed by atoms with Gasteiger partial charge in [-0.1, -0.05) is 59.8 Å². The summed E-state index contributed by atoms with van der Waals surface area (Å²) in [7, 11) is 0. The van der Waals surface area contributed by atoms with Crippen LogP contribution in [0.1, 0.15) is 18.9 Å². The third-order valence-corrected chi connectivity index (χ3v) is 4.82. The molecule has 1 aromatic carbocycles. The van der Waals surface area contributed by atoms with E-state index < -0.39 is 17.8 Å². The third kappa shape index (κ3) is 2.39. The first kappa shape index (κ1) is 12.3. The summed E-state index contributed by atoms with van der Waals surface area (Å²) in [6, 6.07) is 10.1. The van der Waals surface area contributed by atoms with E-state index in [0.717, 1.165) is 12.8 Å². The number of rotatable bonds is 4. The SMILES string of the molecule is CC1C(C(I)CCc2ccccc2)C1(F)F. The molecule has 3 unspecified atom stereocenters. The van der Waals surface area contributed by atoms with Crippen molar-refractivity contribution < 1.29 is 8.78 Å².